The first-order valence-electron chi connectivity index (χ1n) is 12.0. The molecule has 7 nitrogen and oxygen atoms in total. The zero-order valence-electron chi connectivity index (χ0n) is 20.8. The first-order chi connectivity index (χ1) is 17.5. The highest BCUT2D eigenvalue weighted by molar-refractivity contribution is 7.16. The second-order valence-corrected chi connectivity index (χ2v) is 9.57. The number of esters is 1. The number of anilines is 1. The maximum atomic E-state index is 12.7. The zero-order chi connectivity index (χ0) is 25.5. The normalized spacial score (nSPS) is 12.8. The number of fused-ring (bicyclic) bond motifs is 1. The maximum absolute atomic E-state index is 12.7. The van der Waals surface area contributed by atoms with Gasteiger partial charge in [0, 0.05) is 16.8 Å². The van der Waals surface area contributed by atoms with Gasteiger partial charge in [0.1, 0.15) is 5.00 Å². The third-order valence-corrected chi connectivity index (χ3v) is 7.04. The van der Waals surface area contributed by atoms with Crippen LogP contribution >= 0.6 is 11.3 Å². The molecule has 0 atom stereocenters. The third kappa shape index (κ3) is 6.12. The number of thiophene rings is 1. The Labute approximate surface area is 215 Å². The highest BCUT2D eigenvalue weighted by Crippen LogP contribution is 2.40. The van der Waals surface area contributed by atoms with E-state index in [4.69, 9.17) is 14.2 Å². The largest absolute Gasteiger partial charge is 0.493 e. The number of ether oxygens (including phenoxy) is 3. The molecule has 2 aromatic carbocycles. The summed E-state index contributed by atoms with van der Waals surface area (Å²) < 4.78 is 16.5. The van der Waals surface area contributed by atoms with E-state index in [1.54, 1.807) is 36.8 Å². The molecule has 1 aliphatic rings. The van der Waals surface area contributed by atoms with Crippen LogP contribution in [0.1, 0.15) is 51.7 Å². The lowest BCUT2D eigenvalue weighted by Crippen LogP contribution is -2.20. The average Bonchev–Trinajstić information content (AvgIpc) is 3.26. The molecule has 0 unspecified atom stereocenters. The highest BCUT2D eigenvalue weighted by atomic mass is 32.1. The molecule has 1 aliphatic carbocycles. The predicted octanol–water partition coefficient (Wildman–Crippen LogP) is 5.89. The number of methoxy groups -OCH3 is 1. The third-order valence-electron chi connectivity index (χ3n) is 5.84. The Morgan fingerprint density at radius 2 is 1.86 bits per heavy atom. The van der Waals surface area contributed by atoms with E-state index in [9.17, 15) is 9.59 Å². The van der Waals surface area contributed by atoms with Crippen molar-refractivity contribution < 1.29 is 23.8 Å². The summed E-state index contributed by atoms with van der Waals surface area (Å²) in [7, 11) is 1.54. The molecular formula is C28H30N2O5S. The van der Waals surface area contributed by atoms with Gasteiger partial charge in [-0.15, -0.1) is 11.3 Å². The van der Waals surface area contributed by atoms with Gasteiger partial charge in [0.15, 0.2) is 18.1 Å². The van der Waals surface area contributed by atoms with Gasteiger partial charge in [-0.3, -0.25) is 4.79 Å². The fourth-order valence-electron chi connectivity index (χ4n) is 4.05. The molecule has 36 heavy (non-hydrogen) atoms. The molecule has 4 rings (SSSR count). The second kappa shape index (κ2) is 11.9. The van der Waals surface area contributed by atoms with Crippen LogP contribution in [-0.4, -0.2) is 38.4 Å². The number of hydrogen-bond acceptors (Lipinski definition) is 7. The number of amides is 1. The second-order valence-electron chi connectivity index (χ2n) is 8.48. The SMILES string of the molecule is CCOC(=O)c1c(N=Cc2ccc(OCC(=O)Nc3ccc(C)cc3)c(OC)c2)sc2c1CCCC2. The molecule has 1 amide bonds. The smallest absolute Gasteiger partial charge is 0.341 e. The number of nitrogens with one attached hydrogen (secondary N) is 1. The molecule has 1 aromatic heterocycles. The number of rotatable bonds is 9. The number of benzene rings is 2. The summed E-state index contributed by atoms with van der Waals surface area (Å²) in [6.45, 7) is 3.97. The quantitative estimate of drug-likeness (QED) is 0.289. The molecule has 0 saturated carbocycles. The van der Waals surface area contributed by atoms with Crippen molar-refractivity contribution in [3.8, 4) is 11.5 Å². The van der Waals surface area contributed by atoms with Gasteiger partial charge in [-0.1, -0.05) is 17.7 Å². The lowest BCUT2D eigenvalue weighted by atomic mass is 9.95. The van der Waals surface area contributed by atoms with Crippen molar-refractivity contribution in [2.24, 2.45) is 4.99 Å². The maximum Gasteiger partial charge on any atom is 0.341 e. The standard InChI is InChI=1S/C28H30N2O5S/c1-4-34-28(32)26-21-7-5-6-8-24(21)36-27(26)29-16-19-11-14-22(23(15-19)33-3)35-17-25(31)30-20-12-9-18(2)10-13-20/h9-16H,4-8,17H2,1-3H3,(H,30,31). The van der Waals surface area contributed by atoms with Gasteiger partial charge in [0.05, 0.1) is 19.3 Å². The molecule has 3 aromatic rings. The van der Waals surface area contributed by atoms with Crippen LogP contribution in [0.4, 0.5) is 10.7 Å². The lowest BCUT2D eigenvalue weighted by molar-refractivity contribution is -0.118. The van der Waals surface area contributed by atoms with E-state index >= 15 is 0 Å². The molecule has 0 spiro atoms. The monoisotopic (exact) mass is 506 g/mol. The molecule has 0 fully saturated rings. The summed E-state index contributed by atoms with van der Waals surface area (Å²) in [6, 6.07) is 12.9. The number of aryl methyl sites for hydroxylation is 2. The molecule has 8 heteroatoms. The Bertz CT molecular complexity index is 1260. The predicted molar refractivity (Wildman–Crippen MR) is 142 cm³/mol. The van der Waals surface area contributed by atoms with E-state index in [0.29, 0.717) is 34.4 Å². The van der Waals surface area contributed by atoms with E-state index in [1.165, 1.54) is 4.88 Å². The van der Waals surface area contributed by atoms with Crippen LogP contribution in [0, 0.1) is 6.92 Å². The average molecular weight is 507 g/mol. The van der Waals surface area contributed by atoms with Gasteiger partial charge in [-0.05, 0) is 81.0 Å². The number of aliphatic imine (C=N–C) groups is 1. The number of hydrogen-bond donors (Lipinski definition) is 1. The summed E-state index contributed by atoms with van der Waals surface area (Å²) in [5, 5.41) is 3.48. The van der Waals surface area contributed by atoms with Crippen LogP contribution in [0.5, 0.6) is 11.5 Å². The molecule has 0 aliphatic heterocycles. The van der Waals surface area contributed by atoms with E-state index < -0.39 is 0 Å². The van der Waals surface area contributed by atoms with E-state index in [2.05, 4.69) is 10.3 Å². The van der Waals surface area contributed by atoms with Crippen molar-refractivity contribution in [3.63, 3.8) is 0 Å². The zero-order valence-corrected chi connectivity index (χ0v) is 21.6. The fraction of sp³-hybridized carbons (Fsp3) is 0.321. The van der Waals surface area contributed by atoms with Gasteiger partial charge in [-0.2, -0.15) is 0 Å². The molecule has 0 bridgehead atoms. The molecule has 0 saturated heterocycles. The van der Waals surface area contributed by atoms with Gasteiger partial charge < -0.3 is 19.5 Å². The number of carbonyl (C=O) groups is 2. The van der Waals surface area contributed by atoms with Crippen LogP contribution < -0.4 is 14.8 Å². The van der Waals surface area contributed by atoms with Gasteiger partial charge in [0.25, 0.3) is 5.91 Å². The Morgan fingerprint density at radius 3 is 2.61 bits per heavy atom. The Balaban J connectivity index is 1.46. The lowest BCUT2D eigenvalue weighted by Gasteiger charge is -2.12. The topological polar surface area (TPSA) is 86.2 Å². The van der Waals surface area contributed by atoms with Crippen LogP contribution in [-0.2, 0) is 22.4 Å². The fourth-order valence-corrected chi connectivity index (χ4v) is 5.27. The molecular weight excluding hydrogens is 476 g/mol. The van der Waals surface area contributed by atoms with E-state index in [-0.39, 0.29) is 18.5 Å². The summed E-state index contributed by atoms with van der Waals surface area (Å²) in [5.74, 6) is 0.361. The van der Waals surface area contributed by atoms with Crippen molar-refractivity contribution in [3.05, 3.63) is 69.6 Å². The van der Waals surface area contributed by atoms with Gasteiger partial charge >= 0.3 is 5.97 Å². The van der Waals surface area contributed by atoms with Crippen molar-refractivity contribution in [1.29, 1.82) is 0 Å². The molecule has 188 valence electrons. The Morgan fingerprint density at radius 1 is 1.08 bits per heavy atom. The summed E-state index contributed by atoms with van der Waals surface area (Å²) in [5.41, 5.74) is 4.30. The van der Waals surface area contributed by atoms with Gasteiger partial charge in [-0.25, -0.2) is 9.79 Å². The van der Waals surface area contributed by atoms with Crippen molar-refractivity contribution >= 4 is 40.1 Å². The first-order valence-corrected chi connectivity index (χ1v) is 12.8. The number of nitrogens with zero attached hydrogens (tertiary/aromatic N) is 1. The van der Waals surface area contributed by atoms with E-state index in [1.807, 2.05) is 44.2 Å². The molecule has 0 radical (unpaired) electrons. The van der Waals surface area contributed by atoms with Crippen molar-refractivity contribution in [2.75, 3.05) is 25.6 Å². The molecule has 1 heterocycles. The number of carbonyl (C=O) groups excluding carboxylic acids is 2. The molecule has 1 N–H and O–H groups in total. The van der Waals surface area contributed by atoms with Crippen LogP contribution in [0.25, 0.3) is 0 Å². The Kier molecular flexibility index (Phi) is 8.38. The van der Waals surface area contributed by atoms with Gasteiger partial charge in [0.2, 0.25) is 0 Å². The minimum Gasteiger partial charge on any atom is -0.493 e. The minimum atomic E-state index is -0.311. The van der Waals surface area contributed by atoms with E-state index in [0.717, 1.165) is 42.4 Å². The van der Waals surface area contributed by atoms with Crippen LogP contribution in [0.3, 0.4) is 0 Å². The van der Waals surface area contributed by atoms with Crippen molar-refractivity contribution in [1.82, 2.24) is 0 Å². The van der Waals surface area contributed by atoms with Crippen molar-refractivity contribution in [2.45, 2.75) is 39.5 Å². The highest BCUT2D eigenvalue weighted by Gasteiger charge is 2.26. The van der Waals surface area contributed by atoms with Crippen LogP contribution in [0.15, 0.2) is 47.5 Å². The summed E-state index contributed by atoms with van der Waals surface area (Å²) >= 11 is 1.56. The van der Waals surface area contributed by atoms with Crippen LogP contribution in [0.2, 0.25) is 0 Å². The summed E-state index contributed by atoms with van der Waals surface area (Å²) in [4.78, 5) is 30.8. The first kappa shape index (κ1) is 25.4. The minimum absolute atomic E-state index is 0.151. The Hall–Kier alpha value is -3.65. The summed E-state index contributed by atoms with van der Waals surface area (Å²) in [6.07, 6.45) is 5.75.